The van der Waals surface area contributed by atoms with Gasteiger partial charge in [-0.2, -0.15) is 12.6 Å². The monoisotopic (exact) mass is 211 g/mol. The molecule has 0 unspecified atom stereocenters. The first-order chi connectivity index (χ1) is 6.76. The Kier molecular flexibility index (Phi) is 4.32. The molecular weight excluding hydrogens is 198 g/mol. The summed E-state index contributed by atoms with van der Waals surface area (Å²) in [6.07, 6.45) is 0.426. The van der Waals surface area contributed by atoms with Crippen molar-refractivity contribution < 1.29 is 9.53 Å². The Bertz CT molecular complexity index is 297. The van der Waals surface area contributed by atoms with Gasteiger partial charge in [0.15, 0.2) is 0 Å². The molecule has 0 saturated carbocycles. The first kappa shape index (κ1) is 10.9. The Hall–Kier alpha value is -1.16. The first-order valence-electron chi connectivity index (χ1n) is 4.31. The molecule has 1 rings (SSSR count). The lowest BCUT2D eigenvalue weighted by Gasteiger charge is -2.04. The van der Waals surface area contributed by atoms with Gasteiger partial charge < -0.3 is 10.1 Å². The summed E-state index contributed by atoms with van der Waals surface area (Å²) < 4.78 is 5.00. The quantitative estimate of drug-likeness (QED) is 0.747. The number of ether oxygens (including phenoxy) is 1. The van der Waals surface area contributed by atoms with Crippen LogP contribution < -0.4 is 10.1 Å². The molecule has 0 saturated heterocycles. The van der Waals surface area contributed by atoms with Crippen molar-refractivity contribution in [3.05, 3.63) is 24.3 Å². The minimum Gasteiger partial charge on any atom is -0.497 e. The van der Waals surface area contributed by atoms with Gasteiger partial charge in [-0.1, -0.05) is 0 Å². The average molecular weight is 211 g/mol. The van der Waals surface area contributed by atoms with Crippen LogP contribution in [-0.2, 0) is 4.79 Å². The third-order valence-corrected chi connectivity index (χ3v) is 1.94. The van der Waals surface area contributed by atoms with Gasteiger partial charge in [-0.3, -0.25) is 4.79 Å². The van der Waals surface area contributed by atoms with Crippen molar-refractivity contribution in [2.45, 2.75) is 6.42 Å². The number of amides is 1. The van der Waals surface area contributed by atoms with E-state index in [0.29, 0.717) is 12.2 Å². The van der Waals surface area contributed by atoms with Gasteiger partial charge in [0.05, 0.1) is 7.11 Å². The summed E-state index contributed by atoms with van der Waals surface area (Å²) in [4.78, 5) is 11.2. The summed E-state index contributed by atoms with van der Waals surface area (Å²) in [5, 5.41) is 2.75. The highest BCUT2D eigenvalue weighted by atomic mass is 32.1. The van der Waals surface area contributed by atoms with Crippen LogP contribution in [0, 0.1) is 0 Å². The highest BCUT2D eigenvalue weighted by Crippen LogP contribution is 2.14. The van der Waals surface area contributed by atoms with Gasteiger partial charge in [-0.15, -0.1) is 0 Å². The number of carbonyl (C=O) groups excluding carboxylic acids is 1. The van der Waals surface area contributed by atoms with Crippen LogP contribution in [0.1, 0.15) is 6.42 Å². The number of thiol groups is 1. The number of hydrogen-bond donors (Lipinski definition) is 2. The van der Waals surface area contributed by atoms with Crippen LogP contribution in [0.5, 0.6) is 5.75 Å². The van der Waals surface area contributed by atoms with Gasteiger partial charge in [0.1, 0.15) is 5.75 Å². The van der Waals surface area contributed by atoms with Crippen molar-refractivity contribution in [1.82, 2.24) is 0 Å². The summed E-state index contributed by atoms with van der Waals surface area (Å²) in [6.45, 7) is 0. The molecule has 1 amide bonds. The summed E-state index contributed by atoms with van der Waals surface area (Å²) in [5.41, 5.74) is 0.776. The Balaban J connectivity index is 2.55. The van der Waals surface area contributed by atoms with Crippen LogP contribution in [0.2, 0.25) is 0 Å². The van der Waals surface area contributed by atoms with Crippen molar-refractivity contribution in [3.63, 3.8) is 0 Å². The van der Waals surface area contributed by atoms with Crippen LogP contribution in [0.4, 0.5) is 5.69 Å². The van der Waals surface area contributed by atoms with E-state index in [-0.39, 0.29) is 5.91 Å². The lowest BCUT2D eigenvalue weighted by Crippen LogP contribution is -2.11. The van der Waals surface area contributed by atoms with E-state index in [1.54, 1.807) is 31.4 Å². The van der Waals surface area contributed by atoms with E-state index in [2.05, 4.69) is 17.9 Å². The van der Waals surface area contributed by atoms with E-state index >= 15 is 0 Å². The zero-order valence-corrected chi connectivity index (χ0v) is 8.88. The van der Waals surface area contributed by atoms with Crippen LogP contribution >= 0.6 is 12.6 Å². The molecule has 1 aromatic rings. The lowest BCUT2D eigenvalue weighted by atomic mass is 10.3. The number of methoxy groups -OCH3 is 1. The van der Waals surface area contributed by atoms with E-state index in [9.17, 15) is 4.79 Å². The molecule has 1 N–H and O–H groups in total. The molecule has 1 aromatic carbocycles. The van der Waals surface area contributed by atoms with Gasteiger partial charge in [0, 0.05) is 12.1 Å². The fourth-order valence-corrected chi connectivity index (χ4v) is 1.20. The Labute approximate surface area is 88.9 Å². The Morgan fingerprint density at radius 2 is 2.07 bits per heavy atom. The van der Waals surface area contributed by atoms with Crippen LogP contribution in [0.15, 0.2) is 24.3 Å². The minimum atomic E-state index is -0.0230. The van der Waals surface area contributed by atoms with Crippen molar-refractivity contribution in [3.8, 4) is 5.75 Å². The van der Waals surface area contributed by atoms with Crippen molar-refractivity contribution in [1.29, 1.82) is 0 Å². The fourth-order valence-electron chi connectivity index (χ4n) is 0.999. The summed E-state index contributed by atoms with van der Waals surface area (Å²) in [5.74, 6) is 1.31. The van der Waals surface area contributed by atoms with E-state index < -0.39 is 0 Å². The maximum atomic E-state index is 11.2. The van der Waals surface area contributed by atoms with Crippen LogP contribution in [-0.4, -0.2) is 18.8 Å². The van der Waals surface area contributed by atoms with Crippen molar-refractivity contribution >= 4 is 24.2 Å². The molecule has 4 heteroatoms. The lowest BCUT2D eigenvalue weighted by molar-refractivity contribution is -0.115. The van der Waals surface area contributed by atoms with Gasteiger partial charge in [-0.05, 0) is 30.0 Å². The molecule has 0 bridgehead atoms. The SMILES string of the molecule is COc1ccc(NC(=O)CCS)cc1. The molecule has 0 aromatic heterocycles. The molecule has 76 valence electrons. The highest BCUT2D eigenvalue weighted by Gasteiger charge is 2.00. The Morgan fingerprint density at radius 3 is 2.57 bits per heavy atom. The second-order valence-corrected chi connectivity index (χ2v) is 3.20. The van der Waals surface area contributed by atoms with E-state index in [1.165, 1.54) is 0 Å². The molecule has 3 nitrogen and oxygen atoms in total. The summed E-state index contributed by atoms with van der Waals surface area (Å²) >= 11 is 3.98. The molecule has 0 fully saturated rings. The molecule has 0 heterocycles. The van der Waals surface area contributed by atoms with E-state index in [1.807, 2.05) is 0 Å². The minimum absolute atomic E-state index is 0.0230. The topological polar surface area (TPSA) is 38.3 Å². The summed E-state index contributed by atoms with van der Waals surface area (Å²) in [6, 6.07) is 7.21. The normalized spacial score (nSPS) is 9.57. The molecule has 0 atom stereocenters. The predicted molar refractivity (Wildman–Crippen MR) is 60.1 cm³/mol. The Morgan fingerprint density at radius 1 is 1.43 bits per heavy atom. The van der Waals surface area contributed by atoms with E-state index in [4.69, 9.17) is 4.74 Å². The third kappa shape index (κ3) is 3.30. The number of nitrogens with one attached hydrogen (secondary N) is 1. The standard InChI is InChI=1S/C10H13NO2S/c1-13-9-4-2-8(3-5-9)11-10(12)6-7-14/h2-5,14H,6-7H2,1H3,(H,11,12). The zero-order chi connectivity index (χ0) is 10.4. The van der Waals surface area contributed by atoms with Gasteiger partial charge in [0.25, 0.3) is 0 Å². The second-order valence-electron chi connectivity index (χ2n) is 2.75. The molecule has 0 aliphatic carbocycles. The molecular formula is C10H13NO2S. The molecule has 0 aliphatic rings. The maximum absolute atomic E-state index is 11.2. The number of benzene rings is 1. The zero-order valence-electron chi connectivity index (χ0n) is 7.99. The van der Waals surface area contributed by atoms with E-state index in [0.717, 1.165) is 11.4 Å². The number of rotatable bonds is 4. The highest BCUT2D eigenvalue weighted by molar-refractivity contribution is 7.80. The number of anilines is 1. The number of carbonyl (C=O) groups is 1. The van der Waals surface area contributed by atoms with Gasteiger partial charge in [0.2, 0.25) is 5.91 Å². The second kappa shape index (κ2) is 5.54. The third-order valence-electron chi connectivity index (χ3n) is 1.71. The van der Waals surface area contributed by atoms with Gasteiger partial charge in [-0.25, -0.2) is 0 Å². The molecule has 14 heavy (non-hydrogen) atoms. The molecule has 0 radical (unpaired) electrons. The van der Waals surface area contributed by atoms with Crippen LogP contribution in [0.3, 0.4) is 0 Å². The smallest absolute Gasteiger partial charge is 0.225 e. The average Bonchev–Trinajstić information content (AvgIpc) is 2.19. The predicted octanol–water partition coefficient (Wildman–Crippen LogP) is 1.95. The molecule has 0 aliphatic heterocycles. The largest absolute Gasteiger partial charge is 0.497 e. The summed E-state index contributed by atoms with van der Waals surface area (Å²) in [7, 11) is 1.61. The fraction of sp³-hybridized carbons (Fsp3) is 0.300. The first-order valence-corrected chi connectivity index (χ1v) is 4.94. The van der Waals surface area contributed by atoms with Crippen molar-refractivity contribution in [2.75, 3.05) is 18.2 Å². The number of hydrogen-bond acceptors (Lipinski definition) is 3. The molecule has 0 spiro atoms. The maximum Gasteiger partial charge on any atom is 0.225 e. The van der Waals surface area contributed by atoms with Crippen molar-refractivity contribution in [2.24, 2.45) is 0 Å². The van der Waals surface area contributed by atoms with Crippen LogP contribution in [0.25, 0.3) is 0 Å². The van der Waals surface area contributed by atoms with Gasteiger partial charge >= 0.3 is 0 Å².